The van der Waals surface area contributed by atoms with Gasteiger partial charge in [-0.25, -0.2) is 4.98 Å². The fourth-order valence-corrected chi connectivity index (χ4v) is 4.59. The van der Waals surface area contributed by atoms with Crippen LogP contribution in [-0.2, 0) is 5.88 Å². The summed E-state index contributed by atoms with van der Waals surface area (Å²) in [4.78, 5) is 7.26. The van der Waals surface area contributed by atoms with Crippen LogP contribution in [0.3, 0.4) is 0 Å². The smallest absolute Gasteiger partial charge is 0.110 e. The van der Waals surface area contributed by atoms with Crippen molar-refractivity contribution >= 4 is 22.9 Å². The van der Waals surface area contributed by atoms with Gasteiger partial charge in [0.2, 0.25) is 0 Å². The fourth-order valence-electron chi connectivity index (χ4n) is 3.31. The first kappa shape index (κ1) is 15.3. The molecule has 3 atom stereocenters. The van der Waals surface area contributed by atoms with Crippen molar-refractivity contribution in [3.8, 4) is 0 Å². The first-order valence-corrected chi connectivity index (χ1v) is 8.81. The molecule has 0 amide bonds. The van der Waals surface area contributed by atoms with Crippen molar-refractivity contribution in [2.24, 2.45) is 5.92 Å². The zero-order valence-corrected chi connectivity index (χ0v) is 13.8. The summed E-state index contributed by atoms with van der Waals surface area (Å²) >= 11 is 7.63. The Morgan fingerprint density at radius 3 is 2.79 bits per heavy atom. The zero-order chi connectivity index (χ0) is 13.8. The second-order valence-electron chi connectivity index (χ2n) is 5.73. The van der Waals surface area contributed by atoms with E-state index in [1.54, 1.807) is 11.3 Å². The Hall–Kier alpha value is -0.120. The second-order valence-corrected chi connectivity index (χ2v) is 6.89. The van der Waals surface area contributed by atoms with Crippen molar-refractivity contribution in [3.63, 3.8) is 0 Å². The Labute approximate surface area is 126 Å². The number of alkyl halides is 1. The van der Waals surface area contributed by atoms with E-state index in [0.717, 1.165) is 18.0 Å². The van der Waals surface area contributed by atoms with Crippen LogP contribution in [-0.4, -0.2) is 23.0 Å². The molecule has 0 aliphatic heterocycles. The molecule has 108 valence electrons. The van der Waals surface area contributed by atoms with E-state index in [2.05, 4.69) is 36.2 Å². The molecule has 1 aromatic heterocycles. The van der Waals surface area contributed by atoms with Gasteiger partial charge in [-0.1, -0.05) is 26.7 Å². The van der Waals surface area contributed by atoms with Crippen molar-refractivity contribution in [1.82, 2.24) is 9.88 Å². The summed E-state index contributed by atoms with van der Waals surface area (Å²) in [6.45, 7) is 4.66. The van der Waals surface area contributed by atoms with E-state index >= 15 is 0 Å². The zero-order valence-electron chi connectivity index (χ0n) is 12.2. The molecule has 0 saturated heterocycles. The van der Waals surface area contributed by atoms with Crippen LogP contribution in [0.4, 0.5) is 0 Å². The lowest BCUT2D eigenvalue weighted by atomic mass is 9.84. The third-order valence-corrected chi connectivity index (χ3v) is 5.73. The molecule has 0 spiro atoms. The molecule has 1 aromatic rings. The van der Waals surface area contributed by atoms with Gasteiger partial charge in [-0.05, 0) is 32.2 Å². The van der Waals surface area contributed by atoms with Gasteiger partial charge < -0.3 is 0 Å². The van der Waals surface area contributed by atoms with Gasteiger partial charge in [0.1, 0.15) is 5.01 Å². The lowest BCUT2D eigenvalue weighted by Gasteiger charge is -2.40. The Morgan fingerprint density at radius 1 is 1.47 bits per heavy atom. The number of rotatable bonds is 5. The van der Waals surface area contributed by atoms with E-state index < -0.39 is 0 Å². The number of hydrogen-bond acceptors (Lipinski definition) is 3. The SMILES string of the molecule is CCC(c1nc(CCl)cs1)N(C)C1CCCCC1C. The average Bonchev–Trinajstić information content (AvgIpc) is 2.88. The second kappa shape index (κ2) is 7.05. The largest absolute Gasteiger partial charge is 0.294 e. The van der Waals surface area contributed by atoms with Crippen molar-refractivity contribution in [3.05, 3.63) is 16.1 Å². The third-order valence-electron chi connectivity index (χ3n) is 4.46. The highest BCUT2D eigenvalue weighted by Crippen LogP contribution is 2.34. The molecule has 3 unspecified atom stereocenters. The normalized spacial score (nSPS) is 25.7. The fraction of sp³-hybridized carbons (Fsp3) is 0.800. The summed E-state index contributed by atoms with van der Waals surface area (Å²) in [7, 11) is 2.28. The predicted octanol–water partition coefficient (Wildman–Crippen LogP) is 4.84. The highest BCUT2D eigenvalue weighted by Gasteiger charge is 2.30. The molecule has 1 fully saturated rings. The Kier molecular flexibility index (Phi) is 5.67. The van der Waals surface area contributed by atoms with Crippen molar-refractivity contribution < 1.29 is 0 Å². The summed E-state index contributed by atoms with van der Waals surface area (Å²) in [6, 6.07) is 1.16. The molecular weight excluding hydrogens is 276 g/mol. The van der Waals surface area contributed by atoms with Crippen molar-refractivity contribution in [1.29, 1.82) is 0 Å². The van der Waals surface area contributed by atoms with Gasteiger partial charge >= 0.3 is 0 Å². The quantitative estimate of drug-likeness (QED) is 0.723. The van der Waals surface area contributed by atoms with E-state index in [1.165, 1.54) is 30.7 Å². The maximum Gasteiger partial charge on any atom is 0.110 e. The topological polar surface area (TPSA) is 16.1 Å². The Balaban J connectivity index is 2.11. The molecule has 0 bridgehead atoms. The van der Waals surface area contributed by atoms with E-state index in [4.69, 9.17) is 11.6 Å². The summed E-state index contributed by atoms with van der Waals surface area (Å²) < 4.78 is 0. The van der Waals surface area contributed by atoms with Crippen LogP contribution in [0.15, 0.2) is 5.38 Å². The molecule has 0 N–H and O–H groups in total. The van der Waals surface area contributed by atoms with Gasteiger partial charge in [-0.2, -0.15) is 0 Å². The minimum Gasteiger partial charge on any atom is -0.294 e. The molecule has 2 nitrogen and oxygen atoms in total. The monoisotopic (exact) mass is 300 g/mol. The van der Waals surface area contributed by atoms with Gasteiger partial charge in [0.25, 0.3) is 0 Å². The molecule has 19 heavy (non-hydrogen) atoms. The predicted molar refractivity (Wildman–Crippen MR) is 83.9 cm³/mol. The lowest BCUT2D eigenvalue weighted by molar-refractivity contribution is 0.0937. The van der Waals surface area contributed by atoms with Crippen molar-refractivity contribution in [2.75, 3.05) is 7.05 Å². The van der Waals surface area contributed by atoms with Crippen LogP contribution in [0.1, 0.15) is 62.7 Å². The van der Waals surface area contributed by atoms with Crippen LogP contribution in [0.25, 0.3) is 0 Å². The molecule has 1 saturated carbocycles. The van der Waals surface area contributed by atoms with Gasteiger partial charge in [0.05, 0.1) is 17.6 Å². The third kappa shape index (κ3) is 3.50. The van der Waals surface area contributed by atoms with Crippen LogP contribution in [0.5, 0.6) is 0 Å². The van der Waals surface area contributed by atoms with Gasteiger partial charge in [-0.15, -0.1) is 22.9 Å². The number of aromatic nitrogens is 1. The van der Waals surface area contributed by atoms with E-state index in [-0.39, 0.29) is 0 Å². The Bertz CT molecular complexity index is 393. The Morgan fingerprint density at radius 2 is 2.21 bits per heavy atom. The molecular formula is C15H25ClN2S. The number of halogens is 1. The summed E-state index contributed by atoms with van der Waals surface area (Å²) in [5.74, 6) is 1.33. The van der Waals surface area contributed by atoms with Gasteiger partial charge in [-0.3, -0.25) is 4.90 Å². The van der Waals surface area contributed by atoms with Gasteiger partial charge in [0.15, 0.2) is 0 Å². The number of nitrogens with zero attached hydrogens (tertiary/aromatic N) is 2. The maximum absolute atomic E-state index is 5.87. The van der Waals surface area contributed by atoms with E-state index in [0.29, 0.717) is 18.0 Å². The van der Waals surface area contributed by atoms with Crippen molar-refractivity contribution in [2.45, 2.75) is 63.9 Å². The molecule has 0 radical (unpaired) electrons. The van der Waals surface area contributed by atoms with Crippen LogP contribution in [0.2, 0.25) is 0 Å². The standard InChI is InChI=1S/C15H25ClN2S/c1-4-13(15-17-12(9-16)10-19-15)18(3)14-8-6-5-7-11(14)2/h10-11,13-14H,4-9H2,1-3H3. The highest BCUT2D eigenvalue weighted by molar-refractivity contribution is 7.09. The first-order valence-electron chi connectivity index (χ1n) is 7.39. The van der Waals surface area contributed by atoms with Crippen LogP contribution < -0.4 is 0 Å². The minimum absolute atomic E-state index is 0.451. The maximum atomic E-state index is 5.87. The van der Waals surface area contributed by atoms with E-state index in [1.807, 2.05) is 0 Å². The molecule has 1 aliphatic rings. The number of thiazole rings is 1. The molecule has 1 aliphatic carbocycles. The minimum atomic E-state index is 0.451. The molecule has 4 heteroatoms. The van der Waals surface area contributed by atoms with Crippen LogP contribution >= 0.6 is 22.9 Å². The molecule has 0 aromatic carbocycles. The average molecular weight is 301 g/mol. The molecule has 1 heterocycles. The molecule has 2 rings (SSSR count). The summed E-state index contributed by atoms with van der Waals surface area (Å²) in [6.07, 6.45) is 6.60. The highest BCUT2D eigenvalue weighted by atomic mass is 35.5. The summed E-state index contributed by atoms with van der Waals surface area (Å²) in [5.41, 5.74) is 1.02. The number of hydrogen-bond donors (Lipinski definition) is 0. The van der Waals surface area contributed by atoms with Gasteiger partial charge in [0, 0.05) is 11.4 Å². The first-order chi connectivity index (χ1) is 9.17. The van der Waals surface area contributed by atoms with E-state index in [9.17, 15) is 0 Å². The summed E-state index contributed by atoms with van der Waals surface area (Å²) in [5, 5.41) is 3.33. The lowest BCUT2D eigenvalue weighted by Crippen LogP contribution is -2.41. The van der Waals surface area contributed by atoms with Crippen LogP contribution in [0, 0.1) is 5.92 Å².